The Hall–Kier alpha value is -3.59. The van der Waals surface area contributed by atoms with Crippen LogP contribution in [0.25, 0.3) is 0 Å². The predicted molar refractivity (Wildman–Crippen MR) is 262 cm³/mol. The van der Waals surface area contributed by atoms with Gasteiger partial charge in [0.2, 0.25) is 5.79 Å². The third-order valence-corrected chi connectivity index (χ3v) is 14.2. The van der Waals surface area contributed by atoms with Gasteiger partial charge in [-0.05, 0) is 79.8 Å². The number of carbonyl (C=O) groups excluding carboxylic acids is 1. The number of rotatable bonds is 34. The third-order valence-electron chi connectivity index (χ3n) is 13.3. The quantitative estimate of drug-likeness (QED) is 0.0266. The molecule has 2 aromatic carbocycles. The van der Waals surface area contributed by atoms with Crippen molar-refractivity contribution in [1.82, 2.24) is 4.90 Å². The van der Waals surface area contributed by atoms with Gasteiger partial charge in [-0.2, -0.15) is 0 Å². The van der Waals surface area contributed by atoms with Gasteiger partial charge in [0.05, 0.1) is 51.3 Å². The Bertz CT molecular complexity index is 1760. The molecule has 6 unspecified atom stereocenters. The summed E-state index contributed by atoms with van der Waals surface area (Å²) in [4.78, 5) is 23.1. The molecule has 1 fully saturated rings. The molecule has 66 heavy (non-hydrogen) atoms. The van der Waals surface area contributed by atoms with Crippen LogP contribution in [0.1, 0.15) is 128 Å². The largest absolute Gasteiger partial charge is 0.493 e. The fraction of sp³-hybridized carbons (Fsp3) is 0.660. The van der Waals surface area contributed by atoms with Crippen LogP contribution in [-0.4, -0.2) is 116 Å². The first-order chi connectivity index (χ1) is 32.5. The van der Waals surface area contributed by atoms with Gasteiger partial charge in [0.25, 0.3) is 0 Å². The smallest absolute Gasteiger partial charge is 0.410 e. The lowest BCUT2D eigenvalue weighted by Crippen LogP contribution is -2.70. The number of aliphatic hydroxyl groups excluding tert-OH is 3. The molecule has 13 heteroatoms. The van der Waals surface area contributed by atoms with Crippen molar-refractivity contribution in [2.45, 2.75) is 139 Å². The zero-order valence-corrected chi connectivity index (χ0v) is 40.8. The normalized spacial score (nSPS) is 22.5. The Kier molecular flexibility index (Phi) is 24.3. The average molecular weight is 937 g/mol. The summed E-state index contributed by atoms with van der Waals surface area (Å²) >= 11 is 1.75. The van der Waals surface area contributed by atoms with Crippen molar-refractivity contribution >= 4 is 23.6 Å². The first-order valence-electron chi connectivity index (χ1n) is 25.0. The van der Waals surface area contributed by atoms with Gasteiger partial charge in [0.15, 0.2) is 0 Å². The average Bonchev–Trinajstić information content (AvgIpc) is 3.33. The highest BCUT2D eigenvalue weighted by molar-refractivity contribution is 7.99. The zero-order chi connectivity index (χ0) is 46.8. The number of nitrogens with zero attached hydrogens (tertiary/aromatic N) is 2. The van der Waals surface area contributed by atoms with Crippen molar-refractivity contribution < 1.29 is 48.6 Å². The summed E-state index contributed by atoms with van der Waals surface area (Å²) < 4.78 is 32.8. The Morgan fingerprint density at radius 3 is 2.30 bits per heavy atom. The molecule has 1 aliphatic heterocycles. The van der Waals surface area contributed by atoms with E-state index in [1.54, 1.807) is 29.8 Å². The van der Waals surface area contributed by atoms with Crippen molar-refractivity contribution in [3.63, 3.8) is 0 Å². The minimum absolute atomic E-state index is 0.0782. The minimum Gasteiger partial charge on any atom is -0.493 e. The molecule has 3 N–H and O–H groups in total. The van der Waals surface area contributed by atoms with E-state index in [-0.39, 0.29) is 77.0 Å². The fourth-order valence-electron chi connectivity index (χ4n) is 10.2. The van der Waals surface area contributed by atoms with Gasteiger partial charge in [-0.1, -0.05) is 113 Å². The van der Waals surface area contributed by atoms with E-state index >= 15 is 0 Å². The van der Waals surface area contributed by atoms with Crippen LogP contribution < -0.4 is 9.47 Å². The third kappa shape index (κ3) is 15.2. The molecule has 1 heterocycles. The number of hydrogen-bond acceptors (Lipinski definition) is 12. The van der Waals surface area contributed by atoms with Crippen molar-refractivity contribution in [3.8, 4) is 11.5 Å². The van der Waals surface area contributed by atoms with Gasteiger partial charge in [-0.25, -0.2) is 4.79 Å². The molecule has 1 amide bonds. The summed E-state index contributed by atoms with van der Waals surface area (Å²) in [5.41, 5.74) is 2.66. The van der Waals surface area contributed by atoms with Crippen LogP contribution >= 0.6 is 11.8 Å². The van der Waals surface area contributed by atoms with E-state index in [1.807, 2.05) is 30.3 Å². The standard InChI is InChI=1S/C53H80N2O10S/c1-4-6-7-8-9-10-11-12-13-21-33-63-52(59)55(28-34-61-35-31-58)49-40-47(54-60-3)45-38-41(22-17-19-29-56)44(25-18-20-30-57)50-46-39-42(62-36-37-66-43-23-15-14-16-24-43)26-27-48(46)65-53(49,51(45)50)64-32-5-2/h5,14-16,23-24,26-27,38-39,41,44,49-51,56-58H,2,4,6-13,17-22,25,28-37,40H2,1,3H3. The Balaban J connectivity index is 1.53. The molecule has 0 radical (unpaired) electrons. The number of allylic oxidation sites excluding steroid dienone is 1. The van der Waals surface area contributed by atoms with E-state index in [2.05, 4.69) is 37.8 Å². The second kappa shape index (κ2) is 30.0. The highest BCUT2D eigenvalue weighted by atomic mass is 32.2. The number of unbranched alkanes of at least 4 members (excludes halogenated alkanes) is 11. The van der Waals surface area contributed by atoms with Gasteiger partial charge < -0.3 is 43.8 Å². The maximum Gasteiger partial charge on any atom is 0.410 e. The van der Waals surface area contributed by atoms with Crippen LogP contribution in [-0.2, 0) is 19.0 Å². The minimum atomic E-state index is -1.42. The lowest BCUT2D eigenvalue weighted by molar-refractivity contribution is -0.256. The second-order valence-electron chi connectivity index (χ2n) is 17.8. The molecule has 3 aliphatic rings. The molecule has 0 saturated heterocycles. The van der Waals surface area contributed by atoms with Crippen LogP contribution in [0.15, 0.2) is 82.9 Å². The summed E-state index contributed by atoms with van der Waals surface area (Å²) in [7, 11) is 1.54. The Morgan fingerprint density at radius 2 is 1.61 bits per heavy atom. The Labute approximate surface area is 399 Å². The number of oxime groups is 1. The van der Waals surface area contributed by atoms with Gasteiger partial charge in [-0.3, -0.25) is 4.90 Å². The number of fused-ring (bicyclic) bond motifs is 2. The van der Waals surface area contributed by atoms with E-state index in [9.17, 15) is 20.1 Å². The van der Waals surface area contributed by atoms with Crippen molar-refractivity contribution in [2.75, 3.05) is 72.3 Å². The molecule has 6 atom stereocenters. The van der Waals surface area contributed by atoms with Gasteiger partial charge in [-0.15, -0.1) is 18.3 Å². The highest BCUT2D eigenvalue weighted by Crippen LogP contribution is 2.62. The number of ether oxygens (including phenoxy) is 5. The lowest BCUT2D eigenvalue weighted by Gasteiger charge is -2.59. The van der Waals surface area contributed by atoms with Gasteiger partial charge >= 0.3 is 6.09 Å². The number of aliphatic hydroxyl groups is 3. The van der Waals surface area contributed by atoms with Crippen LogP contribution in [0.3, 0.4) is 0 Å². The van der Waals surface area contributed by atoms with Crippen LogP contribution in [0.2, 0.25) is 0 Å². The van der Waals surface area contributed by atoms with Gasteiger partial charge in [0, 0.05) is 48.3 Å². The molecule has 1 saturated carbocycles. The van der Waals surface area contributed by atoms with Crippen LogP contribution in [0.4, 0.5) is 4.79 Å². The van der Waals surface area contributed by atoms with Gasteiger partial charge in [0.1, 0.15) is 24.7 Å². The summed E-state index contributed by atoms with van der Waals surface area (Å²) in [5.74, 6) is 0.298. The first-order valence-corrected chi connectivity index (χ1v) is 26.0. The number of amides is 1. The summed E-state index contributed by atoms with van der Waals surface area (Å²) in [6.07, 6.45) is 20.2. The number of benzene rings is 2. The molecule has 2 aromatic rings. The summed E-state index contributed by atoms with van der Waals surface area (Å²) in [6, 6.07) is 15.6. The molecular weight excluding hydrogens is 857 g/mol. The molecular formula is C53H80N2O10S. The van der Waals surface area contributed by atoms with Crippen molar-refractivity contribution in [3.05, 3.63) is 78.4 Å². The summed E-state index contributed by atoms with van der Waals surface area (Å²) in [6.45, 7) is 7.75. The monoisotopic (exact) mass is 937 g/mol. The SMILES string of the molecule is C=CCOC12Oc3ccc(OCCSc4ccccc4)cc3C3C(CCCCO)C(CCCCO)C=C(C(=NOC)CC1N(CCOCCO)C(=O)OCCCCCCCCCCCC)C32. The van der Waals surface area contributed by atoms with E-state index in [0.717, 1.165) is 67.6 Å². The maximum atomic E-state index is 14.6. The molecule has 368 valence electrons. The van der Waals surface area contributed by atoms with E-state index in [4.69, 9.17) is 33.7 Å². The predicted octanol–water partition coefficient (Wildman–Crippen LogP) is 10.5. The summed E-state index contributed by atoms with van der Waals surface area (Å²) in [5, 5.41) is 34.2. The number of thioether (sulfide) groups is 1. The second-order valence-corrected chi connectivity index (χ2v) is 19.0. The van der Waals surface area contributed by atoms with Crippen LogP contribution in [0.5, 0.6) is 11.5 Å². The van der Waals surface area contributed by atoms with Crippen molar-refractivity contribution in [2.24, 2.45) is 22.9 Å². The highest BCUT2D eigenvalue weighted by Gasteiger charge is 2.65. The molecule has 2 aliphatic carbocycles. The van der Waals surface area contributed by atoms with E-state index < -0.39 is 23.8 Å². The lowest BCUT2D eigenvalue weighted by atomic mass is 9.55. The molecule has 5 rings (SSSR count). The van der Waals surface area contributed by atoms with E-state index in [1.165, 1.54) is 49.8 Å². The van der Waals surface area contributed by atoms with Crippen LogP contribution in [0, 0.1) is 17.8 Å². The number of carbonyl (C=O) groups is 1. The molecule has 12 nitrogen and oxygen atoms in total. The van der Waals surface area contributed by atoms with E-state index in [0.29, 0.717) is 30.9 Å². The first kappa shape index (κ1) is 53.4. The van der Waals surface area contributed by atoms with Crippen molar-refractivity contribution in [1.29, 1.82) is 0 Å². The Morgan fingerprint density at radius 1 is 0.879 bits per heavy atom. The fourth-order valence-corrected chi connectivity index (χ4v) is 11.0. The maximum absolute atomic E-state index is 14.6. The molecule has 0 aromatic heterocycles. The topological polar surface area (TPSA) is 149 Å². The molecule has 0 spiro atoms. The zero-order valence-electron chi connectivity index (χ0n) is 40.0. The molecule has 0 bridgehead atoms. The number of hydrogen-bond donors (Lipinski definition) is 3.